The van der Waals surface area contributed by atoms with Crippen LogP contribution in [0.2, 0.25) is 0 Å². The third-order valence-electron chi connectivity index (χ3n) is 4.18. The molecule has 0 saturated heterocycles. The van der Waals surface area contributed by atoms with E-state index in [0.29, 0.717) is 26.4 Å². The van der Waals surface area contributed by atoms with E-state index < -0.39 is 6.10 Å². The lowest BCUT2D eigenvalue weighted by Crippen LogP contribution is -2.36. The minimum absolute atomic E-state index is 0.373. The summed E-state index contributed by atoms with van der Waals surface area (Å²) in [6.45, 7) is 4.18. The van der Waals surface area contributed by atoms with Gasteiger partial charge < -0.3 is 24.8 Å². The van der Waals surface area contributed by atoms with Crippen molar-refractivity contribution < 1.29 is 14.6 Å². The highest BCUT2D eigenvalue weighted by molar-refractivity contribution is 4.73. The van der Waals surface area contributed by atoms with Gasteiger partial charge in [0.2, 0.25) is 0 Å². The summed E-state index contributed by atoms with van der Waals surface area (Å²) in [6, 6.07) is 0.790. The van der Waals surface area contributed by atoms with Crippen LogP contribution in [0.4, 0.5) is 0 Å². The van der Waals surface area contributed by atoms with Gasteiger partial charge in [-0.3, -0.25) is 0 Å². The smallest absolute Gasteiger partial charge is 0.0897 e. The number of rotatable bonds is 12. The van der Waals surface area contributed by atoms with E-state index in [0.717, 1.165) is 25.6 Å². The summed E-state index contributed by atoms with van der Waals surface area (Å²) in [5.74, 6) is 0. The first kappa shape index (κ1) is 18.8. The van der Waals surface area contributed by atoms with Crippen LogP contribution in [-0.4, -0.2) is 75.8 Å². The first-order chi connectivity index (χ1) is 10.2. The van der Waals surface area contributed by atoms with E-state index in [4.69, 9.17) is 9.47 Å². The molecule has 2 N–H and O–H groups in total. The van der Waals surface area contributed by atoms with E-state index in [-0.39, 0.29) is 0 Å². The number of hydrogen-bond donors (Lipinski definition) is 2. The highest BCUT2D eigenvalue weighted by atomic mass is 16.5. The molecule has 1 saturated carbocycles. The zero-order valence-electron chi connectivity index (χ0n) is 13.9. The third-order valence-corrected chi connectivity index (χ3v) is 4.18. The number of nitrogens with zero attached hydrogens (tertiary/aromatic N) is 1. The van der Waals surface area contributed by atoms with Crippen molar-refractivity contribution in [1.29, 1.82) is 0 Å². The zero-order valence-corrected chi connectivity index (χ0v) is 13.9. The summed E-state index contributed by atoms with van der Waals surface area (Å²) in [4.78, 5) is 2.51. The topological polar surface area (TPSA) is 54.0 Å². The molecular weight excluding hydrogens is 268 g/mol. The molecule has 0 radical (unpaired) electrons. The second-order valence-corrected chi connectivity index (χ2v) is 6.05. The molecule has 0 aromatic carbocycles. The van der Waals surface area contributed by atoms with Gasteiger partial charge in [0, 0.05) is 19.7 Å². The second-order valence-electron chi connectivity index (χ2n) is 6.05. The molecule has 0 bridgehead atoms. The molecule has 21 heavy (non-hydrogen) atoms. The van der Waals surface area contributed by atoms with Gasteiger partial charge in [0.05, 0.1) is 25.9 Å². The molecule has 1 fully saturated rings. The van der Waals surface area contributed by atoms with E-state index >= 15 is 0 Å². The monoisotopic (exact) mass is 302 g/mol. The Hall–Kier alpha value is -0.200. The molecule has 0 heterocycles. The molecule has 1 aliphatic rings. The van der Waals surface area contributed by atoms with Gasteiger partial charge in [0.15, 0.2) is 0 Å². The van der Waals surface area contributed by atoms with Crippen molar-refractivity contribution in [3.05, 3.63) is 0 Å². The van der Waals surface area contributed by atoms with Crippen LogP contribution < -0.4 is 5.32 Å². The van der Waals surface area contributed by atoms with E-state index in [1.54, 1.807) is 7.11 Å². The van der Waals surface area contributed by atoms with Gasteiger partial charge in [-0.25, -0.2) is 0 Å². The number of nitrogens with one attached hydrogen (secondary N) is 1. The fourth-order valence-corrected chi connectivity index (χ4v) is 2.85. The van der Waals surface area contributed by atoms with Gasteiger partial charge in [-0.1, -0.05) is 19.3 Å². The average molecular weight is 302 g/mol. The fraction of sp³-hybridized carbons (Fsp3) is 1.00. The average Bonchev–Trinajstić information content (AvgIpc) is 2.52. The van der Waals surface area contributed by atoms with Crippen molar-refractivity contribution in [3.63, 3.8) is 0 Å². The van der Waals surface area contributed by atoms with Gasteiger partial charge in [-0.05, 0) is 39.4 Å². The Balaban J connectivity index is 1.91. The molecule has 126 valence electrons. The third kappa shape index (κ3) is 9.42. The van der Waals surface area contributed by atoms with Crippen molar-refractivity contribution in [1.82, 2.24) is 10.2 Å². The Labute approximate surface area is 130 Å². The SMILES string of the molecule is COCCOCC(O)CNCCCN(C)C1CCCCC1. The summed E-state index contributed by atoms with van der Waals surface area (Å²) < 4.78 is 10.2. The van der Waals surface area contributed by atoms with Crippen LogP contribution in [0.25, 0.3) is 0 Å². The maximum atomic E-state index is 9.72. The van der Waals surface area contributed by atoms with Gasteiger partial charge in [-0.15, -0.1) is 0 Å². The Morgan fingerprint density at radius 3 is 2.71 bits per heavy atom. The molecule has 0 spiro atoms. The van der Waals surface area contributed by atoms with Gasteiger partial charge in [0.25, 0.3) is 0 Å². The highest BCUT2D eigenvalue weighted by Gasteiger charge is 2.17. The molecule has 1 aliphatic carbocycles. The number of hydrogen-bond acceptors (Lipinski definition) is 5. The maximum Gasteiger partial charge on any atom is 0.0897 e. The Morgan fingerprint density at radius 2 is 2.00 bits per heavy atom. The quantitative estimate of drug-likeness (QED) is 0.532. The molecule has 5 nitrogen and oxygen atoms in total. The van der Waals surface area contributed by atoms with Crippen molar-refractivity contribution in [3.8, 4) is 0 Å². The van der Waals surface area contributed by atoms with Crippen LogP contribution in [0.3, 0.4) is 0 Å². The standard InChI is InChI=1S/C16H34N2O3/c1-18(15-7-4-3-5-8-15)10-6-9-17-13-16(19)14-21-12-11-20-2/h15-17,19H,3-14H2,1-2H3. The lowest BCUT2D eigenvalue weighted by atomic mass is 9.94. The van der Waals surface area contributed by atoms with Gasteiger partial charge >= 0.3 is 0 Å². The van der Waals surface area contributed by atoms with E-state index in [2.05, 4.69) is 17.3 Å². The molecule has 1 atom stereocenters. The first-order valence-electron chi connectivity index (χ1n) is 8.39. The Morgan fingerprint density at radius 1 is 1.24 bits per heavy atom. The van der Waals surface area contributed by atoms with E-state index in [1.165, 1.54) is 32.1 Å². The molecule has 0 aromatic heterocycles. The predicted octanol–water partition coefficient (Wildman–Crippen LogP) is 1.25. The van der Waals surface area contributed by atoms with Gasteiger partial charge in [0.1, 0.15) is 0 Å². The number of ether oxygens (including phenoxy) is 2. The molecule has 1 unspecified atom stereocenters. The minimum atomic E-state index is -0.432. The minimum Gasteiger partial charge on any atom is -0.389 e. The molecule has 5 heteroatoms. The lowest BCUT2D eigenvalue weighted by Gasteiger charge is -2.31. The van der Waals surface area contributed by atoms with Gasteiger partial charge in [-0.2, -0.15) is 0 Å². The van der Waals surface area contributed by atoms with Crippen LogP contribution in [0.1, 0.15) is 38.5 Å². The summed E-state index contributed by atoms with van der Waals surface area (Å²) >= 11 is 0. The molecule has 0 aliphatic heterocycles. The van der Waals surface area contributed by atoms with Crippen LogP contribution in [0.15, 0.2) is 0 Å². The lowest BCUT2D eigenvalue weighted by molar-refractivity contribution is 0.0138. The summed E-state index contributed by atoms with van der Waals surface area (Å²) in [5.41, 5.74) is 0. The summed E-state index contributed by atoms with van der Waals surface area (Å²) in [5, 5.41) is 13.0. The largest absolute Gasteiger partial charge is 0.389 e. The molecule has 0 aromatic rings. The van der Waals surface area contributed by atoms with Crippen LogP contribution in [-0.2, 0) is 9.47 Å². The Kier molecular flexibility index (Phi) is 11.1. The molecule has 1 rings (SSSR count). The van der Waals surface area contributed by atoms with E-state index in [1.807, 2.05) is 0 Å². The fourth-order valence-electron chi connectivity index (χ4n) is 2.85. The highest BCUT2D eigenvalue weighted by Crippen LogP contribution is 2.21. The number of aliphatic hydroxyl groups excluding tert-OH is 1. The number of methoxy groups -OCH3 is 1. The maximum absolute atomic E-state index is 9.72. The predicted molar refractivity (Wildman–Crippen MR) is 85.7 cm³/mol. The second kappa shape index (κ2) is 12.4. The van der Waals surface area contributed by atoms with Crippen molar-refractivity contribution in [2.45, 2.75) is 50.7 Å². The van der Waals surface area contributed by atoms with Crippen molar-refractivity contribution >= 4 is 0 Å². The molecular formula is C16H34N2O3. The summed E-state index contributed by atoms with van der Waals surface area (Å²) in [7, 11) is 3.89. The van der Waals surface area contributed by atoms with E-state index in [9.17, 15) is 5.11 Å². The van der Waals surface area contributed by atoms with Crippen LogP contribution >= 0.6 is 0 Å². The van der Waals surface area contributed by atoms with Crippen molar-refractivity contribution in [2.75, 3.05) is 53.6 Å². The van der Waals surface area contributed by atoms with Crippen LogP contribution in [0, 0.1) is 0 Å². The van der Waals surface area contributed by atoms with Crippen molar-refractivity contribution in [2.24, 2.45) is 0 Å². The normalized spacial score (nSPS) is 18.3. The number of aliphatic hydroxyl groups is 1. The summed E-state index contributed by atoms with van der Waals surface area (Å²) in [6.07, 6.45) is 7.62. The molecule has 0 amide bonds. The Bertz CT molecular complexity index is 236. The van der Waals surface area contributed by atoms with Crippen LogP contribution in [0.5, 0.6) is 0 Å². The first-order valence-corrected chi connectivity index (χ1v) is 8.39. The zero-order chi connectivity index (χ0) is 15.3.